The summed E-state index contributed by atoms with van der Waals surface area (Å²) in [6, 6.07) is 13.2. The lowest BCUT2D eigenvalue weighted by molar-refractivity contribution is -0.119. The summed E-state index contributed by atoms with van der Waals surface area (Å²) in [5.41, 5.74) is 6.70. The zero-order chi connectivity index (χ0) is 16.1. The highest BCUT2D eigenvalue weighted by molar-refractivity contribution is 9.10. The molecule has 2 aromatic carbocycles. The van der Waals surface area contributed by atoms with Crippen molar-refractivity contribution in [3.8, 4) is 0 Å². The quantitative estimate of drug-likeness (QED) is 0.836. The normalized spacial score (nSPS) is 11.7. The Hall–Kier alpha value is -1.85. The van der Waals surface area contributed by atoms with E-state index in [1.165, 1.54) is 0 Å². The molecule has 0 aliphatic rings. The minimum Gasteiger partial charge on any atom is -0.368 e. The molecule has 3 N–H and O–H groups in total. The molecule has 6 heteroatoms. The predicted octanol–water partition coefficient (Wildman–Crippen LogP) is 2.93. The molecule has 0 fully saturated rings. The van der Waals surface area contributed by atoms with E-state index in [2.05, 4.69) is 21.2 Å². The molecule has 4 nitrogen and oxygen atoms in total. The smallest absolute Gasteiger partial charge is 0.251 e. The number of carbonyl (C=O) groups excluding carboxylic acids is 2. The van der Waals surface area contributed by atoms with Gasteiger partial charge in [0.1, 0.15) is 6.04 Å². The van der Waals surface area contributed by atoms with E-state index in [-0.39, 0.29) is 5.91 Å². The van der Waals surface area contributed by atoms with Crippen molar-refractivity contribution < 1.29 is 9.59 Å². The van der Waals surface area contributed by atoms with E-state index in [0.717, 1.165) is 10.0 Å². The second-order valence-corrected chi connectivity index (χ2v) is 6.12. The molecule has 2 amide bonds. The molecule has 22 heavy (non-hydrogen) atoms. The standard InChI is InChI=1S/C16H14BrClN2O2/c17-12-3-1-2-11(9-12)16(22)20-14(15(19)21)8-10-4-6-13(18)7-5-10/h1-7,9,14H,8H2,(H2,19,21)(H,20,22)/t14-/m0/s1. The molecule has 2 rings (SSSR count). The Bertz CT molecular complexity index is 689. The maximum Gasteiger partial charge on any atom is 0.251 e. The fourth-order valence-electron chi connectivity index (χ4n) is 1.95. The van der Waals surface area contributed by atoms with Crippen LogP contribution in [0.15, 0.2) is 53.0 Å². The highest BCUT2D eigenvalue weighted by Crippen LogP contribution is 2.13. The first-order valence-corrected chi connectivity index (χ1v) is 7.73. The molecule has 0 heterocycles. The van der Waals surface area contributed by atoms with Gasteiger partial charge in [0.2, 0.25) is 5.91 Å². The van der Waals surface area contributed by atoms with Crippen LogP contribution >= 0.6 is 27.5 Å². The van der Waals surface area contributed by atoms with Crippen molar-refractivity contribution in [2.75, 3.05) is 0 Å². The van der Waals surface area contributed by atoms with Crippen molar-refractivity contribution in [3.63, 3.8) is 0 Å². The SMILES string of the molecule is NC(=O)[C@H](Cc1ccc(Cl)cc1)NC(=O)c1cccc(Br)c1. The number of hydrogen-bond donors (Lipinski definition) is 2. The van der Waals surface area contributed by atoms with Crippen LogP contribution in [0.1, 0.15) is 15.9 Å². The molecular weight excluding hydrogens is 368 g/mol. The predicted molar refractivity (Wildman–Crippen MR) is 89.7 cm³/mol. The maximum absolute atomic E-state index is 12.2. The van der Waals surface area contributed by atoms with E-state index in [1.54, 1.807) is 42.5 Å². The minimum absolute atomic E-state index is 0.312. The van der Waals surface area contributed by atoms with Gasteiger partial charge in [-0.05, 0) is 35.9 Å². The first-order valence-electron chi connectivity index (χ1n) is 6.56. The molecule has 0 aliphatic heterocycles. The Kier molecular flexibility index (Phi) is 5.57. The van der Waals surface area contributed by atoms with E-state index >= 15 is 0 Å². The lowest BCUT2D eigenvalue weighted by Gasteiger charge is -2.16. The topological polar surface area (TPSA) is 72.2 Å². The minimum atomic E-state index is -0.785. The fourth-order valence-corrected chi connectivity index (χ4v) is 2.48. The first kappa shape index (κ1) is 16.5. The number of nitrogens with one attached hydrogen (secondary N) is 1. The zero-order valence-corrected chi connectivity index (χ0v) is 13.9. The Morgan fingerprint density at radius 3 is 2.45 bits per heavy atom. The molecule has 0 radical (unpaired) electrons. The van der Waals surface area contributed by atoms with Crippen LogP contribution in [-0.2, 0) is 11.2 Å². The number of nitrogens with two attached hydrogens (primary N) is 1. The van der Waals surface area contributed by atoms with Crippen LogP contribution in [0, 0.1) is 0 Å². The molecular formula is C16H14BrClN2O2. The summed E-state index contributed by atoms with van der Waals surface area (Å²) in [7, 11) is 0. The summed E-state index contributed by atoms with van der Waals surface area (Å²) in [6.45, 7) is 0. The van der Waals surface area contributed by atoms with Gasteiger partial charge >= 0.3 is 0 Å². The van der Waals surface area contributed by atoms with Gasteiger partial charge in [0, 0.05) is 21.5 Å². The zero-order valence-electron chi connectivity index (χ0n) is 11.6. The van der Waals surface area contributed by atoms with Crippen LogP contribution in [0.3, 0.4) is 0 Å². The van der Waals surface area contributed by atoms with Gasteiger partial charge in [-0.2, -0.15) is 0 Å². The highest BCUT2D eigenvalue weighted by Gasteiger charge is 2.19. The monoisotopic (exact) mass is 380 g/mol. The second-order valence-electron chi connectivity index (χ2n) is 4.77. The molecule has 1 atom stereocenters. The van der Waals surface area contributed by atoms with Crippen LogP contribution in [0.4, 0.5) is 0 Å². The lowest BCUT2D eigenvalue weighted by atomic mass is 10.0. The van der Waals surface area contributed by atoms with E-state index in [4.69, 9.17) is 17.3 Å². The average molecular weight is 382 g/mol. The van der Waals surface area contributed by atoms with Crippen LogP contribution in [0.2, 0.25) is 5.02 Å². The van der Waals surface area contributed by atoms with Crippen LogP contribution in [0.25, 0.3) is 0 Å². The maximum atomic E-state index is 12.2. The van der Waals surface area contributed by atoms with Crippen molar-refractivity contribution >= 4 is 39.3 Å². The van der Waals surface area contributed by atoms with Crippen molar-refractivity contribution in [2.24, 2.45) is 5.73 Å². The number of amides is 2. The molecule has 0 saturated heterocycles. The van der Waals surface area contributed by atoms with E-state index in [0.29, 0.717) is 17.0 Å². The molecule has 0 saturated carbocycles. The fraction of sp³-hybridized carbons (Fsp3) is 0.125. The number of rotatable bonds is 5. The molecule has 0 spiro atoms. The van der Waals surface area contributed by atoms with E-state index in [9.17, 15) is 9.59 Å². The number of carbonyl (C=O) groups is 2. The highest BCUT2D eigenvalue weighted by atomic mass is 79.9. The molecule has 0 aromatic heterocycles. The summed E-state index contributed by atoms with van der Waals surface area (Å²) >= 11 is 9.13. The van der Waals surface area contributed by atoms with Crippen molar-refractivity contribution in [3.05, 3.63) is 69.2 Å². The van der Waals surface area contributed by atoms with Crippen LogP contribution in [-0.4, -0.2) is 17.9 Å². The van der Waals surface area contributed by atoms with Gasteiger partial charge in [-0.25, -0.2) is 0 Å². The number of hydrogen-bond acceptors (Lipinski definition) is 2. The van der Waals surface area contributed by atoms with Crippen LogP contribution in [0.5, 0.6) is 0 Å². The third kappa shape index (κ3) is 4.58. The third-order valence-corrected chi connectivity index (χ3v) is 3.83. The molecule has 0 unspecified atom stereocenters. The van der Waals surface area contributed by atoms with Gasteiger partial charge in [0.05, 0.1) is 0 Å². The van der Waals surface area contributed by atoms with E-state index < -0.39 is 11.9 Å². The largest absolute Gasteiger partial charge is 0.368 e. The Morgan fingerprint density at radius 1 is 1.18 bits per heavy atom. The molecule has 0 aliphatic carbocycles. The number of primary amides is 1. The summed E-state index contributed by atoms with van der Waals surface area (Å²) in [5.74, 6) is -0.933. The lowest BCUT2D eigenvalue weighted by Crippen LogP contribution is -2.45. The molecule has 114 valence electrons. The Balaban J connectivity index is 2.10. The summed E-state index contributed by atoms with van der Waals surface area (Å²) in [4.78, 5) is 23.8. The van der Waals surface area contributed by atoms with Crippen LogP contribution < -0.4 is 11.1 Å². The first-order chi connectivity index (χ1) is 10.5. The summed E-state index contributed by atoms with van der Waals surface area (Å²) in [5, 5.41) is 3.26. The Morgan fingerprint density at radius 2 is 1.86 bits per heavy atom. The van der Waals surface area contributed by atoms with Gasteiger partial charge in [0.25, 0.3) is 5.91 Å². The number of halogens is 2. The van der Waals surface area contributed by atoms with Gasteiger partial charge in [-0.3, -0.25) is 9.59 Å². The van der Waals surface area contributed by atoms with Crippen molar-refractivity contribution in [2.45, 2.75) is 12.5 Å². The van der Waals surface area contributed by atoms with E-state index in [1.807, 2.05) is 6.07 Å². The number of benzene rings is 2. The summed E-state index contributed by atoms with van der Waals surface area (Å²) in [6.07, 6.45) is 0.312. The van der Waals surface area contributed by atoms with Crippen molar-refractivity contribution in [1.82, 2.24) is 5.32 Å². The van der Waals surface area contributed by atoms with Gasteiger partial charge in [-0.1, -0.05) is 45.7 Å². The average Bonchev–Trinajstić information content (AvgIpc) is 2.48. The van der Waals surface area contributed by atoms with Crippen molar-refractivity contribution in [1.29, 1.82) is 0 Å². The molecule has 0 bridgehead atoms. The van der Waals surface area contributed by atoms with Gasteiger partial charge in [-0.15, -0.1) is 0 Å². The Labute approximate surface area is 141 Å². The molecule has 2 aromatic rings. The van der Waals surface area contributed by atoms with Gasteiger partial charge < -0.3 is 11.1 Å². The van der Waals surface area contributed by atoms with Gasteiger partial charge in [0.15, 0.2) is 0 Å². The second kappa shape index (κ2) is 7.42. The third-order valence-electron chi connectivity index (χ3n) is 3.09. The summed E-state index contributed by atoms with van der Waals surface area (Å²) < 4.78 is 0.786.